The van der Waals surface area contributed by atoms with E-state index in [-0.39, 0.29) is 0 Å². The van der Waals surface area contributed by atoms with Gasteiger partial charge in [-0.3, -0.25) is 0 Å². The second-order valence-electron chi connectivity index (χ2n) is 5.50. The van der Waals surface area contributed by atoms with Gasteiger partial charge in [-0.25, -0.2) is 0 Å². The van der Waals surface area contributed by atoms with Crippen molar-refractivity contribution in [1.82, 2.24) is 5.32 Å². The molecule has 0 radical (unpaired) electrons. The first kappa shape index (κ1) is 15.1. The molecule has 2 heteroatoms. The Kier molecular flexibility index (Phi) is 5.22. The van der Waals surface area contributed by atoms with E-state index in [1.165, 1.54) is 22.3 Å². The number of rotatable bonds is 5. The van der Waals surface area contributed by atoms with Crippen LogP contribution in [0.25, 0.3) is 0 Å². The van der Waals surface area contributed by atoms with Crippen LogP contribution in [0.2, 0.25) is 5.02 Å². The van der Waals surface area contributed by atoms with Crippen molar-refractivity contribution >= 4 is 11.6 Å². The van der Waals surface area contributed by atoms with E-state index >= 15 is 0 Å². The highest BCUT2D eigenvalue weighted by atomic mass is 35.5. The highest BCUT2D eigenvalue weighted by Gasteiger charge is 2.06. The molecule has 106 valence electrons. The van der Waals surface area contributed by atoms with Crippen LogP contribution in [0.5, 0.6) is 0 Å². The molecule has 0 fully saturated rings. The maximum Gasteiger partial charge on any atom is 0.0438 e. The van der Waals surface area contributed by atoms with Crippen LogP contribution in [0, 0.1) is 13.8 Å². The van der Waals surface area contributed by atoms with E-state index < -0.39 is 0 Å². The van der Waals surface area contributed by atoms with Gasteiger partial charge in [0.15, 0.2) is 0 Å². The van der Waals surface area contributed by atoms with Crippen molar-refractivity contribution in [3.8, 4) is 0 Å². The van der Waals surface area contributed by atoms with Gasteiger partial charge in [0.25, 0.3) is 0 Å². The molecule has 0 aliphatic heterocycles. The van der Waals surface area contributed by atoms with Gasteiger partial charge in [0.1, 0.15) is 0 Å². The molecule has 1 nitrogen and oxygen atoms in total. The van der Waals surface area contributed by atoms with Crippen molar-refractivity contribution in [2.24, 2.45) is 0 Å². The average molecular weight is 288 g/mol. The van der Waals surface area contributed by atoms with E-state index in [0.29, 0.717) is 6.04 Å². The van der Waals surface area contributed by atoms with Crippen LogP contribution in [0.1, 0.15) is 29.2 Å². The van der Waals surface area contributed by atoms with Crippen molar-refractivity contribution in [2.75, 3.05) is 0 Å². The fourth-order valence-corrected chi connectivity index (χ4v) is 2.48. The molecule has 1 atom stereocenters. The van der Waals surface area contributed by atoms with Gasteiger partial charge in [0, 0.05) is 17.6 Å². The lowest BCUT2D eigenvalue weighted by Crippen LogP contribution is -2.27. The summed E-state index contributed by atoms with van der Waals surface area (Å²) < 4.78 is 0. The lowest BCUT2D eigenvalue weighted by molar-refractivity contribution is 0.545. The van der Waals surface area contributed by atoms with E-state index in [1.54, 1.807) is 0 Å². The van der Waals surface area contributed by atoms with Crippen molar-refractivity contribution < 1.29 is 0 Å². The van der Waals surface area contributed by atoms with E-state index in [2.05, 4.69) is 50.4 Å². The molecule has 1 N–H and O–H groups in total. The first-order valence-electron chi connectivity index (χ1n) is 7.09. The third kappa shape index (κ3) is 4.09. The minimum absolute atomic E-state index is 0.400. The summed E-state index contributed by atoms with van der Waals surface area (Å²) in [7, 11) is 0. The van der Waals surface area contributed by atoms with E-state index in [1.807, 2.05) is 18.2 Å². The van der Waals surface area contributed by atoms with Crippen LogP contribution in [-0.4, -0.2) is 6.04 Å². The quantitative estimate of drug-likeness (QED) is 0.842. The number of halogens is 1. The number of hydrogen-bond acceptors (Lipinski definition) is 1. The van der Waals surface area contributed by atoms with Crippen LogP contribution >= 0.6 is 11.6 Å². The molecular weight excluding hydrogens is 266 g/mol. The zero-order valence-corrected chi connectivity index (χ0v) is 13.2. The molecular formula is C18H22ClN. The summed E-state index contributed by atoms with van der Waals surface area (Å²) in [6.07, 6.45) is 0.949. The van der Waals surface area contributed by atoms with Gasteiger partial charge < -0.3 is 5.32 Å². The first-order valence-corrected chi connectivity index (χ1v) is 7.47. The molecule has 0 spiro atoms. The Morgan fingerprint density at radius 3 is 2.50 bits per heavy atom. The molecule has 2 aromatic carbocycles. The Hall–Kier alpha value is -1.31. The molecule has 0 aliphatic carbocycles. The van der Waals surface area contributed by atoms with E-state index in [9.17, 15) is 0 Å². The summed E-state index contributed by atoms with van der Waals surface area (Å²) >= 11 is 6.20. The van der Waals surface area contributed by atoms with Gasteiger partial charge >= 0.3 is 0 Å². The molecule has 0 heterocycles. The predicted molar refractivity (Wildman–Crippen MR) is 87.4 cm³/mol. The Balaban J connectivity index is 1.90. The summed E-state index contributed by atoms with van der Waals surface area (Å²) in [6, 6.07) is 15.1. The zero-order chi connectivity index (χ0) is 14.5. The fraction of sp³-hybridized carbons (Fsp3) is 0.333. The van der Waals surface area contributed by atoms with Gasteiger partial charge in [-0.1, -0.05) is 48.0 Å². The number of hydrogen-bond donors (Lipinski definition) is 1. The highest BCUT2D eigenvalue weighted by molar-refractivity contribution is 6.31. The number of aryl methyl sites for hydroxylation is 2. The average Bonchev–Trinajstić information content (AvgIpc) is 2.43. The monoisotopic (exact) mass is 287 g/mol. The minimum Gasteiger partial charge on any atom is -0.310 e. The largest absolute Gasteiger partial charge is 0.310 e. The second kappa shape index (κ2) is 6.92. The molecule has 0 saturated carbocycles. The molecule has 2 rings (SSSR count). The van der Waals surface area contributed by atoms with E-state index in [0.717, 1.165) is 18.0 Å². The first-order chi connectivity index (χ1) is 9.56. The smallest absolute Gasteiger partial charge is 0.0438 e. The molecule has 0 saturated heterocycles. The lowest BCUT2D eigenvalue weighted by Gasteiger charge is -2.15. The van der Waals surface area contributed by atoms with Crippen molar-refractivity contribution in [1.29, 1.82) is 0 Å². The van der Waals surface area contributed by atoms with Crippen LogP contribution in [-0.2, 0) is 13.0 Å². The number of nitrogens with one attached hydrogen (secondary N) is 1. The highest BCUT2D eigenvalue weighted by Crippen LogP contribution is 2.17. The summed E-state index contributed by atoms with van der Waals surface area (Å²) in [5, 5.41) is 4.42. The molecule has 0 aromatic heterocycles. The van der Waals surface area contributed by atoms with Crippen molar-refractivity contribution in [3.05, 3.63) is 69.7 Å². The lowest BCUT2D eigenvalue weighted by atomic mass is 10.0. The van der Waals surface area contributed by atoms with Gasteiger partial charge in [-0.2, -0.15) is 0 Å². The summed E-state index contributed by atoms with van der Waals surface area (Å²) in [5.74, 6) is 0. The van der Waals surface area contributed by atoms with Crippen LogP contribution < -0.4 is 5.32 Å². The minimum atomic E-state index is 0.400. The SMILES string of the molecule is Cc1ccc(CNC(C)Cc2ccccc2Cl)cc1C. The Labute approximate surface area is 127 Å². The summed E-state index contributed by atoms with van der Waals surface area (Å²) in [6.45, 7) is 7.40. The van der Waals surface area contributed by atoms with Crippen LogP contribution in [0.15, 0.2) is 42.5 Å². The zero-order valence-electron chi connectivity index (χ0n) is 12.4. The van der Waals surface area contributed by atoms with Crippen LogP contribution in [0.3, 0.4) is 0 Å². The van der Waals surface area contributed by atoms with Gasteiger partial charge in [0.2, 0.25) is 0 Å². The molecule has 0 amide bonds. The van der Waals surface area contributed by atoms with Gasteiger partial charge in [-0.15, -0.1) is 0 Å². The molecule has 2 aromatic rings. The summed E-state index contributed by atoms with van der Waals surface area (Å²) in [5.41, 5.74) is 5.23. The van der Waals surface area contributed by atoms with Gasteiger partial charge in [-0.05, 0) is 55.5 Å². The molecule has 20 heavy (non-hydrogen) atoms. The van der Waals surface area contributed by atoms with Crippen molar-refractivity contribution in [2.45, 2.75) is 39.8 Å². The maximum atomic E-state index is 6.20. The topological polar surface area (TPSA) is 12.0 Å². The Morgan fingerprint density at radius 1 is 1.05 bits per heavy atom. The fourth-order valence-electron chi connectivity index (χ4n) is 2.27. The Bertz CT molecular complexity index is 577. The Morgan fingerprint density at radius 2 is 1.80 bits per heavy atom. The molecule has 0 bridgehead atoms. The molecule has 1 unspecified atom stereocenters. The standard InChI is InChI=1S/C18H22ClN/c1-13-8-9-16(10-14(13)2)12-20-15(3)11-17-6-4-5-7-18(17)19/h4-10,15,20H,11-12H2,1-3H3. The van der Waals surface area contributed by atoms with Crippen LogP contribution in [0.4, 0.5) is 0 Å². The number of benzene rings is 2. The van der Waals surface area contributed by atoms with Gasteiger partial charge in [0.05, 0.1) is 0 Å². The second-order valence-corrected chi connectivity index (χ2v) is 5.90. The third-order valence-electron chi connectivity index (χ3n) is 3.71. The van der Waals surface area contributed by atoms with Crippen molar-refractivity contribution in [3.63, 3.8) is 0 Å². The predicted octanol–water partition coefficient (Wildman–Crippen LogP) is 4.68. The van der Waals surface area contributed by atoms with E-state index in [4.69, 9.17) is 11.6 Å². The maximum absolute atomic E-state index is 6.20. The summed E-state index contributed by atoms with van der Waals surface area (Å²) in [4.78, 5) is 0. The normalized spacial score (nSPS) is 12.4. The molecule has 0 aliphatic rings. The third-order valence-corrected chi connectivity index (χ3v) is 4.08.